The third-order valence-electron chi connectivity index (χ3n) is 3.63. The zero-order valence-electron chi connectivity index (χ0n) is 13.7. The molecule has 1 amide bonds. The standard InChI is InChI=1S/C17H25NO4/c1-5-6-9-22-13(4)16(19)18-15(17(20)21)14-8-7-11(2)12(3)10-14/h7-8,10,13,15H,5-6,9H2,1-4H3,(H,18,19)(H,20,21). The van der Waals surface area contributed by atoms with Crippen LogP contribution in [-0.2, 0) is 14.3 Å². The highest BCUT2D eigenvalue weighted by Gasteiger charge is 2.25. The van der Waals surface area contributed by atoms with Crippen LogP contribution in [0.2, 0.25) is 0 Å². The maximum Gasteiger partial charge on any atom is 0.330 e. The van der Waals surface area contributed by atoms with Crippen LogP contribution in [-0.4, -0.2) is 29.7 Å². The van der Waals surface area contributed by atoms with Crippen LogP contribution in [0.5, 0.6) is 0 Å². The monoisotopic (exact) mass is 307 g/mol. The van der Waals surface area contributed by atoms with E-state index in [0.29, 0.717) is 12.2 Å². The van der Waals surface area contributed by atoms with E-state index in [4.69, 9.17) is 4.74 Å². The molecule has 0 saturated carbocycles. The molecule has 0 aromatic heterocycles. The van der Waals surface area contributed by atoms with Gasteiger partial charge in [-0.15, -0.1) is 0 Å². The lowest BCUT2D eigenvalue weighted by molar-refractivity contribution is -0.144. The number of rotatable bonds is 8. The van der Waals surface area contributed by atoms with Crippen molar-refractivity contribution in [2.45, 2.75) is 52.7 Å². The van der Waals surface area contributed by atoms with E-state index in [9.17, 15) is 14.7 Å². The number of carbonyl (C=O) groups excluding carboxylic acids is 1. The fourth-order valence-electron chi connectivity index (χ4n) is 1.97. The molecule has 0 radical (unpaired) electrons. The summed E-state index contributed by atoms with van der Waals surface area (Å²) in [6, 6.07) is 4.30. The first-order chi connectivity index (χ1) is 10.4. The summed E-state index contributed by atoms with van der Waals surface area (Å²) in [5.74, 6) is -1.50. The number of carbonyl (C=O) groups is 2. The summed E-state index contributed by atoms with van der Waals surface area (Å²) in [6.07, 6.45) is 1.19. The molecule has 0 bridgehead atoms. The highest BCUT2D eigenvalue weighted by molar-refractivity contribution is 5.86. The molecule has 5 heteroatoms. The molecule has 0 fully saturated rings. The first kappa shape index (κ1) is 18.2. The van der Waals surface area contributed by atoms with E-state index >= 15 is 0 Å². The summed E-state index contributed by atoms with van der Waals surface area (Å²) >= 11 is 0. The number of ether oxygens (including phenoxy) is 1. The second kappa shape index (κ2) is 8.54. The molecule has 1 aromatic rings. The van der Waals surface area contributed by atoms with Crippen molar-refractivity contribution >= 4 is 11.9 Å². The van der Waals surface area contributed by atoms with Gasteiger partial charge in [-0.25, -0.2) is 4.79 Å². The van der Waals surface area contributed by atoms with Gasteiger partial charge in [0.15, 0.2) is 6.04 Å². The molecule has 22 heavy (non-hydrogen) atoms. The Morgan fingerprint density at radius 2 is 1.95 bits per heavy atom. The Morgan fingerprint density at radius 3 is 2.50 bits per heavy atom. The maximum atomic E-state index is 12.1. The van der Waals surface area contributed by atoms with Gasteiger partial charge in [-0.2, -0.15) is 0 Å². The molecule has 0 aliphatic rings. The number of carboxylic acid groups (broad SMARTS) is 1. The average molecular weight is 307 g/mol. The van der Waals surface area contributed by atoms with E-state index in [2.05, 4.69) is 5.32 Å². The van der Waals surface area contributed by atoms with E-state index in [1.807, 2.05) is 26.8 Å². The van der Waals surface area contributed by atoms with E-state index in [0.717, 1.165) is 24.0 Å². The Morgan fingerprint density at radius 1 is 1.27 bits per heavy atom. The molecule has 0 aliphatic carbocycles. The fourth-order valence-corrected chi connectivity index (χ4v) is 1.97. The van der Waals surface area contributed by atoms with E-state index in [1.165, 1.54) is 0 Å². The van der Waals surface area contributed by atoms with Crippen molar-refractivity contribution in [3.8, 4) is 0 Å². The van der Waals surface area contributed by atoms with E-state index in [-0.39, 0.29) is 0 Å². The topological polar surface area (TPSA) is 75.6 Å². The highest BCUT2D eigenvalue weighted by Crippen LogP contribution is 2.18. The van der Waals surface area contributed by atoms with Gasteiger partial charge in [0.05, 0.1) is 0 Å². The summed E-state index contributed by atoms with van der Waals surface area (Å²) in [7, 11) is 0. The summed E-state index contributed by atoms with van der Waals surface area (Å²) in [5, 5.41) is 11.9. The van der Waals surface area contributed by atoms with Gasteiger partial charge in [0.1, 0.15) is 6.10 Å². The first-order valence-electron chi connectivity index (χ1n) is 7.58. The number of hydrogen-bond acceptors (Lipinski definition) is 3. The number of unbranched alkanes of at least 4 members (excludes halogenated alkanes) is 1. The number of carboxylic acids is 1. The first-order valence-corrected chi connectivity index (χ1v) is 7.58. The summed E-state index contributed by atoms with van der Waals surface area (Å²) < 4.78 is 5.40. The SMILES string of the molecule is CCCCOC(C)C(=O)NC(C(=O)O)c1ccc(C)c(C)c1. The van der Waals surface area contributed by atoms with Gasteiger partial charge in [0, 0.05) is 6.61 Å². The Kier molecular flexibility index (Phi) is 7.05. The normalized spacial score (nSPS) is 13.5. The van der Waals surface area contributed by atoms with Gasteiger partial charge in [-0.1, -0.05) is 31.5 Å². The second-order valence-electron chi connectivity index (χ2n) is 5.49. The Balaban J connectivity index is 2.77. The molecule has 2 atom stereocenters. The smallest absolute Gasteiger partial charge is 0.330 e. The molecule has 1 aromatic carbocycles. The molecule has 122 valence electrons. The highest BCUT2D eigenvalue weighted by atomic mass is 16.5. The lowest BCUT2D eigenvalue weighted by Gasteiger charge is -2.19. The van der Waals surface area contributed by atoms with Crippen molar-refractivity contribution in [2.24, 2.45) is 0 Å². The van der Waals surface area contributed by atoms with Crippen molar-refractivity contribution < 1.29 is 19.4 Å². The van der Waals surface area contributed by atoms with Gasteiger partial charge >= 0.3 is 5.97 Å². The summed E-state index contributed by atoms with van der Waals surface area (Å²) in [6.45, 7) is 8.03. The largest absolute Gasteiger partial charge is 0.479 e. The number of aliphatic carboxylic acids is 1. The van der Waals surface area contributed by atoms with Crippen LogP contribution >= 0.6 is 0 Å². The maximum absolute atomic E-state index is 12.1. The Hall–Kier alpha value is -1.88. The zero-order chi connectivity index (χ0) is 16.7. The zero-order valence-corrected chi connectivity index (χ0v) is 13.7. The van der Waals surface area contributed by atoms with Crippen LogP contribution in [0.3, 0.4) is 0 Å². The molecule has 0 saturated heterocycles. The van der Waals surface area contributed by atoms with E-state index in [1.54, 1.807) is 19.1 Å². The van der Waals surface area contributed by atoms with Crippen molar-refractivity contribution in [2.75, 3.05) is 6.61 Å². The van der Waals surface area contributed by atoms with E-state index < -0.39 is 24.0 Å². The van der Waals surface area contributed by atoms with Crippen LogP contribution in [0.15, 0.2) is 18.2 Å². The molecule has 0 spiro atoms. The Labute approximate surface area is 131 Å². The predicted molar refractivity (Wildman–Crippen MR) is 84.8 cm³/mol. The fraction of sp³-hybridized carbons (Fsp3) is 0.529. The minimum Gasteiger partial charge on any atom is -0.479 e. The molecule has 2 N–H and O–H groups in total. The van der Waals surface area contributed by atoms with Crippen LogP contribution in [0.1, 0.15) is 49.4 Å². The molecule has 0 aliphatic heterocycles. The lowest BCUT2D eigenvalue weighted by atomic mass is 10.0. The van der Waals surface area contributed by atoms with Crippen molar-refractivity contribution in [3.05, 3.63) is 34.9 Å². The molecule has 1 rings (SSSR count). The molecular formula is C17H25NO4. The van der Waals surface area contributed by atoms with Crippen molar-refractivity contribution in [1.82, 2.24) is 5.32 Å². The third-order valence-corrected chi connectivity index (χ3v) is 3.63. The number of nitrogens with one attached hydrogen (secondary N) is 1. The number of amides is 1. The average Bonchev–Trinajstić information content (AvgIpc) is 2.47. The van der Waals surface area contributed by atoms with Gasteiger partial charge in [-0.05, 0) is 43.9 Å². The molecule has 2 unspecified atom stereocenters. The molecular weight excluding hydrogens is 282 g/mol. The minimum absolute atomic E-state index is 0.415. The number of hydrogen-bond donors (Lipinski definition) is 2. The third kappa shape index (κ3) is 5.15. The summed E-state index contributed by atoms with van der Waals surface area (Å²) in [5.41, 5.74) is 2.63. The molecule has 5 nitrogen and oxygen atoms in total. The van der Waals surface area contributed by atoms with Crippen LogP contribution < -0.4 is 5.32 Å². The number of aryl methyl sites for hydroxylation is 2. The summed E-state index contributed by atoms with van der Waals surface area (Å²) in [4.78, 5) is 23.5. The second-order valence-corrected chi connectivity index (χ2v) is 5.49. The Bertz CT molecular complexity index is 527. The van der Waals surface area contributed by atoms with Gasteiger partial charge in [0.2, 0.25) is 5.91 Å². The van der Waals surface area contributed by atoms with Crippen molar-refractivity contribution in [1.29, 1.82) is 0 Å². The van der Waals surface area contributed by atoms with Crippen LogP contribution in [0, 0.1) is 13.8 Å². The quantitative estimate of drug-likeness (QED) is 0.724. The van der Waals surface area contributed by atoms with Crippen LogP contribution in [0.25, 0.3) is 0 Å². The molecule has 0 heterocycles. The van der Waals surface area contributed by atoms with Crippen LogP contribution in [0.4, 0.5) is 0 Å². The predicted octanol–water partition coefficient (Wildman–Crippen LogP) is 2.75. The van der Waals surface area contributed by atoms with Gasteiger partial charge < -0.3 is 15.2 Å². The minimum atomic E-state index is -1.09. The van der Waals surface area contributed by atoms with Gasteiger partial charge in [0.25, 0.3) is 0 Å². The van der Waals surface area contributed by atoms with Crippen molar-refractivity contribution in [3.63, 3.8) is 0 Å². The van der Waals surface area contributed by atoms with Gasteiger partial charge in [-0.3, -0.25) is 4.79 Å². The lowest BCUT2D eigenvalue weighted by Crippen LogP contribution is -2.40. The number of benzene rings is 1.